The smallest absolute Gasteiger partial charge is 0.127 e. The quantitative estimate of drug-likeness (QED) is 0.671. The molecule has 0 saturated carbocycles. The lowest BCUT2D eigenvalue weighted by Crippen LogP contribution is -2.43. The highest BCUT2D eigenvalue weighted by Crippen LogP contribution is 2.53. The van der Waals surface area contributed by atoms with E-state index in [1.165, 1.54) is 5.56 Å². The molecule has 2 atom stereocenters. The van der Waals surface area contributed by atoms with Crippen molar-refractivity contribution in [2.75, 3.05) is 7.11 Å². The first-order valence-corrected chi connectivity index (χ1v) is 9.20. The average molecular weight is 360 g/mol. The summed E-state index contributed by atoms with van der Waals surface area (Å²) < 4.78 is 11.9. The highest BCUT2D eigenvalue weighted by Gasteiger charge is 2.45. The van der Waals surface area contributed by atoms with Crippen LogP contribution in [0.3, 0.4) is 0 Å². The van der Waals surface area contributed by atoms with Gasteiger partial charge in [0.25, 0.3) is 0 Å². The fourth-order valence-corrected chi connectivity index (χ4v) is 4.22. The van der Waals surface area contributed by atoms with Crippen LogP contribution >= 0.6 is 0 Å². The zero-order valence-corrected chi connectivity index (χ0v) is 15.8. The van der Waals surface area contributed by atoms with E-state index in [-0.39, 0.29) is 17.6 Å². The summed E-state index contributed by atoms with van der Waals surface area (Å²) in [5.74, 6) is 2.15. The Labute approximate surface area is 160 Å². The molecule has 3 heteroatoms. The van der Waals surface area contributed by atoms with Crippen molar-refractivity contribution in [3.05, 3.63) is 89.5 Å². The summed E-state index contributed by atoms with van der Waals surface area (Å²) in [7, 11) is 1.67. The van der Waals surface area contributed by atoms with Crippen molar-refractivity contribution >= 4 is 0 Å². The molecular weight excluding hydrogens is 336 g/mol. The fourth-order valence-electron chi connectivity index (χ4n) is 4.22. The molecule has 0 fully saturated rings. The van der Waals surface area contributed by atoms with E-state index in [9.17, 15) is 5.11 Å². The molecule has 0 aromatic heterocycles. The van der Waals surface area contributed by atoms with E-state index in [0.29, 0.717) is 0 Å². The Balaban J connectivity index is 1.94. The van der Waals surface area contributed by atoms with E-state index in [1.807, 2.05) is 30.3 Å². The van der Waals surface area contributed by atoms with Crippen LogP contribution < -0.4 is 9.47 Å². The topological polar surface area (TPSA) is 38.7 Å². The van der Waals surface area contributed by atoms with Crippen LogP contribution in [0.25, 0.3) is 0 Å². The molecule has 0 radical (unpaired) electrons. The van der Waals surface area contributed by atoms with Crippen molar-refractivity contribution in [2.24, 2.45) is 0 Å². The molecule has 1 heterocycles. The molecule has 0 spiro atoms. The van der Waals surface area contributed by atoms with Crippen LogP contribution in [0.15, 0.2) is 72.8 Å². The number of methoxy groups -OCH3 is 1. The largest absolute Gasteiger partial charge is 0.508 e. The lowest BCUT2D eigenvalue weighted by atomic mass is 9.68. The van der Waals surface area contributed by atoms with Crippen LogP contribution in [-0.4, -0.2) is 17.8 Å². The average Bonchev–Trinajstić information content (AvgIpc) is 2.67. The molecule has 0 bridgehead atoms. The molecule has 0 aliphatic carbocycles. The van der Waals surface area contributed by atoms with Crippen LogP contribution in [0, 0.1) is 0 Å². The number of benzene rings is 3. The van der Waals surface area contributed by atoms with Crippen molar-refractivity contribution in [3.8, 4) is 17.2 Å². The van der Waals surface area contributed by atoms with Gasteiger partial charge in [-0.2, -0.15) is 0 Å². The first kappa shape index (κ1) is 17.5. The monoisotopic (exact) mass is 360 g/mol. The minimum absolute atomic E-state index is 0.109. The van der Waals surface area contributed by atoms with Crippen LogP contribution in [0.4, 0.5) is 0 Å². The molecule has 138 valence electrons. The lowest BCUT2D eigenvalue weighted by molar-refractivity contribution is 0.0528. The minimum Gasteiger partial charge on any atom is -0.508 e. The number of phenolic OH excluding ortho intramolecular Hbond substituents is 1. The Morgan fingerprint density at radius 1 is 0.889 bits per heavy atom. The van der Waals surface area contributed by atoms with Gasteiger partial charge in [0.1, 0.15) is 22.8 Å². The Morgan fingerprint density at radius 3 is 2.26 bits per heavy atom. The first-order chi connectivity index (χ1) is 13.0. The number of hydrogen-bond donors (Lipinski definition) is 1. The van der Waals surface area contributed by atoms with E-state index >= 15 is 0 Å². The summed E-state index contributed by atoms with van der Waals surface area (Å²) in [6, 6.07) is 24.1. The maximum atomic E-state index is 9.76. The van der Waals surface area contributed by atoms with E-state index in [1.54, 1.807) is 19.2 Å². The molecule has 3 nitrogen and oxygen atoms in total. The van der Waals surface area contributed by atoms with Crippen molar-refractivity contribution < 1.29 is 14.6 Å². The van der Waals surface area contributed by atoms with Gasteiger partial charge < -0.3 is 14.6 Å². The second-order valence-corrected chi connectivity index (χ2v) is 7.57. The summed E-state index contributed by atoms with van der Waals surface area (Å²) in [5, 5.41) is 9.76. The van der Waals surface area contributed by atoms with Gasteiger partial charge in [0.15, 0.2) is 0 Å². The van der Waals surface area contributed by atoms with Gasteiger partial charge in [-0.3, -0.25) is 0 Å². The number of aromatic hydroxyl groups is 1. The van der Waals surface area contributed by atoms with Crippen LogP contribution in [0.1, 0.15) is 42.4 Å². The van der Waals surface area contributed by atoms with E-state index in [0.717, 1.165) is 22.6 Å². The molecule has 4 rings (SSSR count). The highest BCUT2D eigenvalue weighted by molar-refractivity contribution is 5.52. The number of phenols is 1. The third-order valence-corrected chi connectivity index (χ3v) is 5.42. The molecule has 0 unspecified atom stereocenters. The molecular formula is C24H24O3. The maximum Gasteiger partial charge on any atom is 0.127 e. The molecule has 1 aliphatic heterocycles. The maximum absolute atomic E-state index is 9.76. The van der Waals surface area contributed by atoms with Gasteiger partial charge in [-0.05, 0) is 43.2 Å². The summed E-state index contributed by atoms with van der Waals surface area (Å²) in [4.78, 5) is 0. The summed E-state index contributed by atoms with van der Waals surface area (Å²) in [5.41, 5.74) is 3.12. The van der Waals surface area contributed by atoms with Gasteiger partial charge in [-0.1, -0.05) is 48.5 Å². The lowest BCUT2D eigenvalue weighted by Gasteiger charge is -2.45. The molecule has 1 N–H and O–H groups in total. The molecule has 0 amide bonds. The van der Waals surface area contributed by atoms with E-state index < -0.39 is 5.60 Å². The normalized spacial score (nSPS) is 20.4. The van der Waals surface area contributed by atoms with E-state index in [4.69, 9.17) is 9.47 Å². The molecule has 1 aliphatic rings. The first-order valence-electron chi connectivity index (χ1n) is 9.20. The number of rotatable bonds is 3. The third kappa shape index (κ3) is 3.14. The van der Waals surface area contributed by atoms with Crippen molar-refractivity contribution in [3.63, 3.8) is 0 Å². The van der Waals surface area contributed by atoms with E-state index in [2.05, 4.69) is 44.2 Å². The van der Waals surface area contributed by atoms with Crippen molar-refractivity contribution in [1.82, 2.24) is 0 Å². The fraction of sp³-hybridized carbons (Fsp3) is 0.250. The summed E-state index contributed by atoms with van der Waals surface area (Å²) in [6.07, 6.45) is 0. The molecule has 27 heavy (non-hydrogen) atoms. The van der Waals surface area contributed by atoms with Crippen LogP contribution in [0.2, 0.25) is 0 Å². The van der Waals surface area contributed by atoms with Gasteiger partial charge >= 0.3 is 0 Å². The Bertz CT molecular complexity index is 930. The van der Waals surface area contributed by atoms with Crippen LogP contribution in [0.5, 0.6) is 17.2 Å². The predicted octanol–water partition coefficient (Wildman–Crippen LogP) is 5.49. The second kappa shape index (κ2) is 6.66. The highest BCUT2D eigenvalue weighted by atomic mass is 16.5. The minimum atomic E-state index is -0.413. The van der Waals surface area contributed by atoms with Gasteiger partial charge in [0, 0.05) is 23.5 Å². The molecule has 3 aromatic carbocycles. The van der Waals surface area contributed by atoms with Gasteiger partial charge in [0.05, 0.1) is 7.11 Å². The number of fused-ring (bicyclic) bond motifs is 1. The third-order valence-electron chi connectivity index (χ3n) is 5.42. The summed E-state index contributed by atoms with van der Waals surface area (Å²) >= 11 is 0. The zero-order chi connectivity index (χ0) is 19.0. The van der Waals surface area contributed by atoms with Crippen LogP contribution in [-0.2, 0) is 0 Å². The SMILES string of the molecule is COc1ccc2c(c1)OC(C)(C)[C@H](c1ccccc1)[C@@H]2c1ccc(O)cc1. The number of ether oxygens (including phenoxy) is 2. The summed E-state index contributed by atoms with van der Waals surface area (Å²) in [6.45, 7) is 4.28. The Kier molecular flexibility index (Phi) is 4.31. The standard InChI is InChI=1S/C24H24O3/c1-24(2)23(17-7-5-4-6-8-17)22(16-9-11-18(25)12-10-16)20-14-13-19(26-3)15-21(20)27-24/h4-15,22-23,25H,1-3H3/t22-,23-/m1/s1. The van der Waals surface area contributed by atoms with Crippen molar-refractivity contribution in [2.45, 2.75) is 31.3 Å². The molecule has 0 saturated heterocycles. The predicted molar refractivity (Wildman–Crippen MR) is 107 cm³/mol. The number of hydrogen-bond acceptors (Lipinski definition) is 3. The second-order valence-electron chi connectivity index (χ2n) is 7.57. The van der Waals surface area contributed by atoms with Gasteiger partial charge in [-0.15, -0.1) is 0 Å². The molecule has 3 aromatic rings. The van der Waals surface area contributed by atoms with Gasteiger partial charge in [0.2, 0.25) is 0 Å². The van der Waals surface area contributed by atoms with Crippen molar-refractivity contribution in [1.29, 1.82) is 0 Å². The zero-order valence-electron chi connectivity index (χ0n) is 15.8. The Hall–Kier alpha value is -2.94. The Morgan fingerprint density at radius 2 is 1.59 bits per heavy atom. The van der Waals surface area contributed by atoms with Gasteiger partial charge in [-0.25, -0.2) is 0 Å².